The lowest BCUT2D eigenvalue weighted by molar-refractivity contribution is 0.174. The van der Waals surface area contributed by atoms with Crippen LogP contribution in [0.3, 0.4) is 0 Å². The lowest BCUT2D eigenvalue weighted by atomic mass is 9.88. The highest BCUT2D eigenvalue weighted by molar-refractivity contribution is 5.74. The second-order valence-corrected chi connectivity index (χ2v) is 6.30. The molecule has 0 saturated carbocycles. The molecule has 1 aliphatic heterocycles. The van der Waals surface area contributed by atoms with E-state index in [1.165, 1.54) is 6.07 Å². The van der Waals surface area contributed by atoms with Crippen LogP contribution in [-0.4, -0.2) is 12.8 Å². The molecule has 0 aromatic heterocycles. The fourth-order valence-corrected chi connectivity index (χ4v) is 3.38. The first kappa shape index (κ1) is 15.7. The lowest BCUT2D eigenvalue weighted by Gasteiger charge is -2.26. The average Bonchev–Trinajstić information content (AvgIpc) is 3.07. The monoisotopic (exact) mass is 342 g/mol. The SMILES string of the molecule is O=C(NCc1ccc2c(c1)OCO2)NC1CCCc2cc(F)ccc21. The summed E-state index contributed by atoms with van der Waals surface area (Å²) in [6.45, 7) is 0.625. The zero-order valence-corrected chi connectivity index (χ0v) is 13.7. The number of amides is 2. The molecule has 25 heavy (non-hydrogen) atoms. The fourth-order valence-electron chi connectivity index (χ4n) is 3.38. The van der Waals surface area contributed by atoms with Crippen LogP contribution in [0.5, 0.6) is 11.5 Å². The van der Waals surface area contributed by atoms with Crippen LogP contribution in [0.2, 0.25) is 0 Å². The third-order valence-corrected chi connectivity index (χ3v) is 4.61. The van der Waals surface area contributed by atoms with Crippen molar-refractivity contribution in [2.45, 2.75) is 31.8 Å². The van der Waals surface area contributed by atoms with Crippen molar-refractivity contribution < 1.29 is 18.7 Å². The number of aryl methyl sites for hydroxylation is 1. The van der Waals surface area contributed by atoms with Gasteiger partial charge in [-0.3, -0.25) is 0 Å². The number of hydrogen-bond donors (Lipinski definition) is 2. The lowest BCUT2D eigenvalue weighted by Crippen LogP contribution is -2.38. The van der Waals surface area contributed by atoms with E-state index in [1.54, 1.807) is 12.1 Å². The number of carbonyl (C=O) groups is 1. The Morgan fingerprint density at radius 2 is 2.04 bits per heavy atom. The van der Waals surface area contributed by atoms with Crippen molar-refractivity contribution in [2.75, 3.05) is 6.79 Å². The number of carbonyl (C=O) groups excluding carboxylic acids is 1. The van der Waals surface area contributed by atoms with Crippen molar-refractivity contribution in [1.82, 2.24) is 10.6 Å². The average molecular weight is 342 g/mol. The van der Waals surface area contributed by atoms with Crippen LogP contribution in [-0.2, 0) is 13.0 Å². The van der Waals surface area contributed by atoms with Gasteiger partial charge in [0.1, 0.15) is 5.82 Å². The van der Waals surface area contributed by atoms with Gasteiger partial charge in [-0.15, -0.1) is 0 Å². The highest BCUT2D eigenvalue weighted by atomic mass is 19.1. The second-order valence-electron chi connectivity index (χ2n) is 6.30. The number of halogens is 1. The summed E-state index contributed by atoms with van der Waals surface area (Å²) >= 11 is 0. The first-order valence-electron chi connectivity index (χ1n) is 8.40. The number of benzene rings is 2. The molecule has 2 aromatic rings. The Balaban J connectivity index is 1.37. The van der Waals surface area contributed by atoms with E-state index in [0.717, 1.165) is 41.7 Å². The smallest absolute Gasteiger partial charge is 0.315 e. The number of hydrogen-bond acceptors (Lipinski definition) is 3. The van der Waals surface area contributed by atoms with Crippen LogP contribution < -0.4 is 20.1 Å². The van der Waals surface area contributed by atoms with E-state index in [-0.39, 0.29) is 24.7 Å². The number of nitrogens with one attached hydrogen (secondary N) is 2. The Hall–Kier alpha value is -2.76. The van der Waals surface area contributed by atoms with Gasteiger partial charge in [-0.1, -0.05) is 12.1 Å². The van der Waals surface area contributed by atoms with Gasteiger partial charge in [0.15, 0.2) is 11.5 Å². The van der Waals surface area contributed by atoms with Gasteiger partial charge in [0.25, 0.3) is 0 Å². The molecule has 130 valence electrons. The van der Waals surface area contributed by atoms with Crippen LogP contribution in [0.1, 0.15) is 35.6 Å². The molecule has 2 N–H and O–H groups in total. The minimum absolute atomic E-state index is 0.0823. The quantitative estimate of drug-likeness (QED) is 0.898. The van der Waals surface area contributed by atoms with Gasteiger partial charge in [0, 0.05) is 6.54 Å². The molecule has 1 unspecified atom stereocenters. The van der Waals surface area contributed by atoms with E-state index in [0.29, 0.717) is 12.3 Å². The molecule has 0 bridgehead atoms. The summed E-state index contributed by atoms with van der Waals surface area (Å²) in [5, 5.41) is 5.85. The zero-order chi connectivity index (χ0) is 17.2. The molecule has 1 heterocycles. The van der Waals surface area contributed by atoms with Gasteiger partial charge >= 0.3 is 6.03 Å². The summed E-state index contributed by atoms with van der Waals surface area (Å²) in [6, 6.07) is 10.1. The molecule has 2 aliphatic rings. The van der Waals surface area contributed by atoms with Crippen LogP contribution in [0.25, 0.3) is 0 Å². The van der Waals surface area contributed by atoms with Gasteiger partial charge in [-0.2, -0.15) is 0 Å². The summed E-state index contributed by atoms with van der Waals surface area (Å²) < 4.78 is 24.0. The Morgan fingerprint density at radius 3 is 2.96 bits per heavy atom. The van der Waals surface area contributed by atoms with E-state index in [2.05, 4.69) is 10.6 Å². The topological polar surface area (TPSA) is 59.6 Å². The summed E-state index contributed by atoms with van der Waals surface area (Å²) in [6.07, 6.45) is 2.64. The predicted octanol–water partition coefficient (Wildman–Crippen LogP) is 3.43. The van der Waals surface area contributed by atoms with E-state index in [1.807, 2.05) is 18.2 Å². The molecular formula is C19H19FN2O3. The van der Waals surface area contributed by atoms with Crippen molar-refractivity contribution in [3.63, 3.8) is 0 Å². The van der Waals surface area contributed by atoms with Crippen LogP contribution in [0.4, 0.5) is 9.18 Å². The number of rotatable bonds is 3. The maximum Gasteiger partial charge on any atom is 0.315 e. The second kappa shape index (κ2) is 6.63. The van der Waals surface area contributed by atoms with Crippen molar-refractivity contribution in [3.8, 4) is 11.5 Å². The molecule has 0 spiro atoms. The Bertz CT molecular complexity index is 809. The van der Waals surface area contributed by atoms with E-state index in [4.69, 9.17) is 9.47 Å². The molecule has 0 fully saturated rings. The summed E-state index contributed by atoms with van der Waals surface area (Å²) in [7, 11) is 0. The summed E-state index contributed by atoms with van der Waals surface area (Å²) in [5.41, 5.74) is 2.92. The standard InChI is InChI=1S/C19H19FN2O3/c20-14-5-6-15-13(9-14)2-1-3-16(15)22-19(23)21-10-12-4-7-17-18(8-12)25-11-24-17/h4-9,16H,1-3,10-11H2,(H2,21,22,23). The maximum absolute atomic E-state index is 13.4. The molecule has 2 amide bonds. The summed E-state index contributed by atoms with van der Waals surface area (Å²) in [5.74, 6) is 1.19. The highest BCUT2D eigenvalue weighted by Gasteiger charge is 2.22. The number of ether oxygens (including phenoxy) is 2. The molecule has 6 heteroatoms. The fraction of sp³-hybridized carbons (Fsp3) is 0.316. The molecule has 1 atom stereocenters. The van der Waals surface area contributed by atoms with E-state index < -0.39 is 0 Å². The van der Waals surface area contributed by atoms with Crippen molar-refractivity contribution >= 4 is 6.03 Å². The molecule has 5 nitrogen and oxygen atoms in total. The molecule has 1 aliphatic carbocycles. The number of fused-ring (bicyclic) bond motifs is 2. The van der Waals surface area contributed by atoms with Gasteiger partial charge in [0.05, 0.1) is 6.04 Å². The normalized spacial score (nSPS) is 17.7. The van der Waals surface area contributed by atoms with Gasteiger partial charge < -0.3 is 20.1 Å². The Morgan fingerprint density at radius 1 is 1.16 bits per heavy atom. The first-order chi connectivity index (χ1) is 12.2. The first-order valence-corrected chi connectivity index (χ1v) is 8.40. The minimum atomic E-state index is -0.236. The third-order valence-electron chi connectivity index (χ3n) is 4.61. The molecular weight excluding hydrogens is 323 g/mol. The van der Waals surface area contributed by atoms with Crippen LogP contribution in [0, 0.1) is 5.82 Å². The zero-order valence-electron chi connectivity index (χ0n) is 13.7. The molecule has 2 aromatic carbocycles. The highest BCUT2D eigenvalue weighted by Crippen LogP contribution is 2.32. The molecule has 0 saturated heterocycles. The minimum Gasteiger partial charge on any atom is -0.454 e. The van der Waals surface area contributed by atoms with Gasteiger partial charge in [-0.25, -0.2) is 9.18 Å². The largest absolute Gasteiger partial charge is 0.454 e. The maximum atomic E-state index is 13.4. The molecule has 0 radical (unpaired) electrons. The Kier molecular flexibility index (Phi) is 4.17. The predicted molar refractivity (Wildman–Crippen MR) is 90.0 cm³/mol. The van der Waals surface area contributed by atoms with Crippen molar-refractivity contribution in [2.24, 2.45) is 0 Å². The summed E-state index contributed by atoms with van der Waals surface area (Å²) in [4.78, 5) is 12.2. The van der Waals surface area contributed by atoms with Crippen LogP contribution >= 0.6 is 0 Å². The van der Waals surface area contributed by atoms with Crippen molar-refractivity contribution in [1.29, 1.82) is 0 Å². The van der Waals surface area contributed by atoms with Gasteiger partial charge in [0.2, 0.25) is 6.79 Å². The van der Waals surface area contributed by atoms with Gasteiger partial charge in [-0.05, 0) is 60.2 Å². The third kappa shape index (κ3) is 3.38. The Labute approximate surface area is 145 Å². The van der Waals surface area contributed by atoms with Crippen molar-refractivity contribution in [3.05, 3.63) is 58.9 Å². The van der Waals surface area contributed by atoms with E-state index in [9.17, 15) is 9.18 Å². The molecule has 4 rings (SSSR count). The van der Waals surface area contributed by atoms with Crippen LogP contribution in [0.15, 0.2) is 36.4 Å². The number of urea groups is 1. The van der Waals surface area contributed by atoms with E-state index >= 15 is 0 Å².